The summed E-state index contributed by atoms with van der Waals surface area (Å²) in [5.74, 6) is 5.31. The first-order chi connectivity index (χ1) is 9.81. The Morgan fingerprint density at radius 2 is 2.20 bits per heavy atom. The van der Waals surface area contributed by atoms with E-state index in [9.17, 15) is 4.79 Å². The van der Waals surface area contributed by atoms with E-state index in [-0.39, 0.29) is 12.5 Å². The molecule has 20 heavy (non-hydrogen) atoms. The highest BCUT2D eigenvalue weighted by atomic mass is 32.1. The Kier molecular flexibility index (Phi) is 6.06. The molecule has 1 saturated heterocycles. The first-order valence-electron chi connectivity index (χ1n) is 6.99. The number of amides is 1. The molecule has 1 aromatic heterocycles. The van der Waals surface area contributed by atoms with Gasteiger partial charge in [-0.15, -0.1) is 11.3 Å². The van der Waals surface area contributed by atoms with E-state index >= 15 is 0 Å². The minimum Gasteiger partial charge on any atom is -0.384 e. The summed E-state index contributed by atoms with van der Waals surface area (Å²) in [5.41, 5.74) is 0.694. The van der Waals surface area contributed by atoms with E-state index in [4.69, 9.17) is 5.11 Å². The van der Waals surface area contributed by atoms with E-state index < -0.39 is 0 Å². The summed E-state index contributed by atoms with van der Waals surface area (Å²) in [6.07, 6.45) is 3.85. The average Bonchev–Trinajstić information content (AvgIpc) is 2.94. The molecule has 1 aromatic rings. The fourth-order valence-corrected chi connectivity index (χ4v) is 3.07. The predicted octanol–water partition coefficient (Wildman–Crippen LogP) is 1.31. The lowest BCUT2D eigenvalue weighted by molar-refractivity contribution is 0.0950. The molecule has 4 nitrogen and oxygen atoms in total. The van der Waals surface area contributed by atoms with Crippen LogP contribution in [0.2, 0.25) is 0 Å². The number of piperidine rings is 1. The van der Waals surface area contributed by atoms with E-state index in [0.29, 0.717) is 17.0 Å². The third kappa shape index (κ3) is 4.34. The van der Waals surface area contributed by atoms with Crippen molar-refractivity contribution < 1.29 is 9.90 Å². The number of nitrogens with one attached hydrogen (secondary N) is 1. The van der Waals surface area contributed by atoms with Crippen molar-refractivity contribution in [1.29, 1.82) is 0 Å². The second-order valence-electron chi connectivity index (χ2n) is 4.78. The van der Waals surface area contributed by atoms with E-state index in [0.717, 1.165) is 19.6 Å². The number of aliphatic hydroxyl groups excluding tert-OH is 1. The van der Waals surface area contributed by atoms with Crippen LogP contribution in [0.25, 0.3) is 0 Å². The van der Waals surface area contributed by atoms with Gasteiger partial charge in [-0.3, -0.25) is 4.79 Å². The molecule has 0 aromatic carbocycles. The number of nitrogens with zero attached hydrogens (tertiary/aromatic N) is 1. The molecular weight excluding hydrogens is 272 g/mol. The van der Waals surface area contributed by atoms with Crippen LogP contribution in [0.3, 0.4) is 0 Å². The van der Waals surface area contributed by atoms with Gasteiger partial charge in [0.05, 0.1) is 0 Å². The van der Waals surface area contributed by atoms with Crippen molar-refractivity contribution in [2.24, 2.45) is 0 Å². The Bertz CT molecular complexity index is 495. The molecule has 108 valence electrons. The molecule has 1 fully saturated rings. The number of aliphatic hydroxyl groups is 1. The highest BCUT2D eigenvalue weighted by Crippen LogP contribution is 2.15. The SMILES string of the molecule is O=C(NCCN1CCCCC1)c1sccc1C#CCO. The molecule has 1 aliphatic heterocycles. The summed E-state index contributed by atoms with van der Waals surface area (Å²) < 4.78 is 0. The number of rotatable bonds is 4. The van der Waals surface area contributed by atoms with Gasteiger partial charge in [0.25, 0.3) is 5.91 Å². The van der Waals surface area contributed by atoms with Crippen LogP contribution in [-0.2, 0) is 0 Å². The number of carbonyl (C=O) groups excluding carboxylic acids is 1. The topological polar surface area (TPSA) is 52.6 Å². The van der Waals surface area contributed by atoms with Gasteiger partial charge in [0, 0.05) is 18.7 Å². The number of carbonyl (C=O) groups is 1. The van der Waals surface area contributed by atoms with Crippen LogP contribution in [-0.4, -0.2) is 48.7 Å². The van der Waals surface area contributed by atoms with Crippen molar-refractivity contribution in [2.45, 2.75) is 19.3 Å². The first-order valence-corrected chi connectivity index (χ1v) is 7.87. The van der Waals surface area contributed by atoms with E-state index in [1.165, 1.54) is 30.6 Å². The van der Waals surface area contributed by atoms with Crippen molar-refractivity contribution >= 4 is 17.2 Å². The second kappa shape index (κ2) is 8.05. The summed E-state index contributed by atoms with van der Waals surface area (Å²) in [4.78, 5) is 15.1. The van der Waals surface area contributed by atoms with Crippen molar-refractivity contribution in [3.63, 3.8) is 0 Å². The van der Waals surface area contributed by atoms with Crippen LogP contribution in [0.5, 0.6) is 0 Å². The standard InChI is InChI=1S/C15H20N2O2S/c18-11-4-5-13-6-12-20-14(13)15(19)16-7-10-17-8-2-1-3-9-17/h6,12,18H,1-3,7-11H2,(H,16,19). The molecule has 0 saturated carbocycles. The van der Waals surface area contributed by atoms with Gasteiger partial charge in [-0.2, -0.15) is 0 Å². The van der Waals surface area contributed by atoms with Gasteiger partial charge in [0.15, 0.2) is 0 Å². The van der Waals surface area contributed by atoms with Gasteiger partial charge >= 0.3 is 0 Å². The third-order valence-electron chi connectivity index (χ3n) is 3.34. The minimum absolute atomic E-state index is 0.0701. The Morgan fingerprint density at radius 1 is 1.40 bits per heavy atom. The van der Waals surface area contributed by atoms with Gasteiger partial charge in [0.2, 0.25) is 0 Å². The zero-order valence-electron chi connectivity index (χ0n) is 11.5. The van der Waals surface area contributed by atoms with Crippen LogP contribution in [0.15, 0.2) is 11.4 Å². The van der Waals surface area contributed by atoms with Crippen LogP contribution in [0.1, 0.15) is 34.5 Å². The summed E-state index contributed by atoms with van der Waals surface area (Å²) in [7, 11) is 0. The van der Waals surface area contributed by atoms with E-state index in [1.807, 2.05) is 11.4 Å². The van der Waals surface area contributed by atoms with Crippen LogP contribution in [0, 0.1) is 11.8 Å². The maximum Gasteiger partial charge on any atom is 0.262 e. The number of hydrogen-bond acceptors (Lipinski definition) is 4. The molecule has 0 bridgehead atoms. The largest absolute Gasteiger partial charge is 0.384 e. The molecule has 5 heteroatoms. The van der Waals surface area contributed by atoms with Gasteiger partial charge in [-0.1, -0.05) is 18.3 Å². The average molecular weight is 292 g/mol. The van der Waals surface area contributed by atoms with Gasteiger partial charge < -0.3 is 15.3 Å². The fourth-order valence-electron chi connectivity index (χ4n) is 2.31. The maximum absolute atomic E-state index is 12.1. The lowest BCUT2D eigenvalue weighted by Gasteiger charge is -2.26. The zero-order chi connectivity index (χ0) is 14.2. The predicted molar refractivity (Wildman–Crippen MR) is 80.9 cm³/mol. The van der Waals surface area contributed by atoms with E-state index in [1.54, 1.807) is 0 Å². The summed E-state index contributed by atoms with van der Waals surface area (Å²) in [5, 5.41) is 13.5. The monoisotopic (exact) mass is 292 g/mol. The normalized spacial score (nSPS) is 15.4. The minimum atomic E-state index is -0.189. The van der Waals surface area contributed by atoms with Gasteiger partial charge in [-0.25, -0.2) is 0 Å². The number of hydrogen-bond donors (Lipinski definition) is 2. The highest BCUT2D eigenvalue weighted by Gasteiger charge is 2.13. The molecule has 0 radical (unpaired) electrons. The molecule has 1 aliphatic rings. The maximum atomic E-state index is 12.1. The van der Waals surface area contributed by atoms with Crippen LogP contribution >= 0.6 is 11.3 Å². The first kappa shape index (κ1) is 15.0. The van der Waals surface area contributed by atoms with Crippen LogP contribution in [0.4, 0.5) is 0 Å². The molecule has 0 unspecified atom stereocenters. The van der Waals surface area contributed by atoms with E-state index in [2.05, 4.69) is 22.1 Å². The Balaban J connectivity index is 1.81. The molecule has 2 rings (SSSR count). The van der Waals surface area contributed by atoms with Crippen LogP contribution < -0.4 is 5.32 Å². The molecular formula is C15H20N2O2S. The second-order valence-corrected chi connectivity index (χ2v) is 5.70. The number of likely N-dealkylation sites (tertiary alicyclic amines) is 1. The van der Waals surface area contributed by atoms with Gasteiger partial charge in [0.1, 0.15) is 11.5 Å². The highest BCUT2D eigenvalue weighted by molar-refractivity contribution is 7.12. The van der Waals surface area contributed by atoms with Crippen molar-refractivity contribution in [3.05, 3.63) is 21.9 Å². The fraction of sp³-hybridized carbons (Fsp3) is 0.533. The van der Waals surface area contributed by atoms with Gasteiger partial charge in [-0.05, 0) is 37.4 Å². The smallest absolute Gasteiger partial charge is 0.262 e. The van der Waals surface area contributed by atoms with Crippen molar-refractivity contribution in [3.8, 4) is 11.8 Å². The summed E-state index contributed by atoms with van der Waals surface area (Å²) in [6.45, 7) is 3.68. The molecule has 0 aliphatic carbocycles. The lowest BCUT2D eigenvalue weighted by Crippen LogP contribution is -2.37. The molecule has 1 amide bonds. The Morgan fingerprint density at radius 3 is 2.95 bits per heavy atom. The third-order valence-corrected chi connectivity index (χ3v) is 4.25. The molecule has 2 heterocycles. The molecule has 0 spiro atoms. The summed E-state index contributed by atoms with van der Waals surface area (Å²) >= 11 is 1.38. The summed E-state index contributed by atoms with van der Waals surface area (Å²) in [6, 6.07) is 1.81. The Hall–Kier alpha value is -1.35. The Labute approximate surface area is 123 Å². The number of thiophene rings is 1. The quantitative estimate of drug-likeness (QED) is 0.823. The molecule has 2 N–H and O–H groups in total. The molecule has 0 atom stereocenters. The lowest BCUT2D eigenvalue weighted by atomic mass is 10.1. The zero-order valence-corrected chi connectivity index (χ0v) is 12.3. The van der Waals surface area contributed by atoms with Crippen molar-refractivity contribution in [1.82, 2.24) is 10.2 Å². The van der Waals surface area contributed by atoms with Crippen molar-refractivity contribution in [2.75, 3.05) is 32.8 Å².